The smallest absolute Gasteiger partial charge is 0.135 e. The summed E-state index contributed by atoms with van der Waals surface area (Å²) in [6.45, 7) is 0. The summed E-state index contributed by atoms with van der Waals surface area (Å²) in [5, 5.41) is 5.31. The number of hydrogen-bond donors (Lipinski definition) is 1. The zero-order chi connectivity index (χ0) is 17.7. The van der Waals surface area contributed by atoms with Gasteiger partial charge in [0.25, 0.3) is 0 Å². The molecule has 0 bridgehead atoms. The molecule has 0 aromatic heterocycles. The van der Waals surface area contributed by atoms with E-state index >= 15 is 0 Å². The first-order chi connectivity index (χ1) is 11.5. The Bertz CT molecular complexity index is 718. The summed E-state index contributed by atoms with van der Waals surface area (Å²) in [7, 11) is 4.66. The van der Waals surface area contributed by atoms with Gasteiger partial charge in [0.05, 0.1) is 48.8 Å². The van der Waals surface area contributed by atoms with Crippen molar-refractivity contribution >= 4 is 46.7 Å². The number of hydrazone groups is 1. The van der Waals surface area contributed by atoms with Gasteiger partial charge in [-0.1, -0.05) is 34.8 Å². The van der Waals surface area contributed by atoms with Gasteiger partial charge in [-0.25, -0.2) is 0 Å². The molecular formula is C16H15Cl3N2O3. The van der Waals surface area contributed by atoms with Crippen LogP contribution in [0.2, 0.25) is 15.1 Å². The molecule has 0 spiro atoms. The topological polar surface area (TPSA) is 52.1 Å². The molecule has 8 heteroatoms. The van der Waals surface area contributed by atoms with E-state index in [1.54, 1.807) is 51.8 Å². The van der Waals surface area contributed by atoms with Crippen LogP contribution in [0.25, 0.3) is 0 Å². The molecule has 0 fully saturated rings. The first kappa shape index (κ1) is 18.5. The van der Waals surface area contributed by atoms with Gasteiger partial charge in [-0.3, -0.25) is 5.43 Å². The van der Waals surface area contributed by atoms with Crippen LogP contribution in [0.1, 0.15) is 5.56 Å². The molecule has 2 rings (SSSR count). The maximum Gasteiger partial charge on any atom is 0.135 e. The molecule has 1 N–H and O–H groups in total. The average molecular weight is 390 g/mol. The van der Waals surface area contributed by atoms with Gasteiger partial charge in [-0.2, -0.15) is 5.10 Å². The van der Waals surface area contributed by atoms with Crippen LogP contribution >= 0.6 is 34.8 Å². The third kappa shape index (κ3) is 4.17. The maximum absolute atomic E-state index is 6.10. The monoisotopic (exact) mass is 388 g/mol. The van der Waals surface area contributed by atoms with Crippen LogP contribution in [0.4, 0.5) is 5.69 Å². The van der Waals surface area contributed by atoms with Gasteiger partial charge in [0.1, 0.15) is 17.2 Å². The van der Waals surface area contributed by atoms with Crippen molar-refractivity contribution in [2.75, 3.05) is 26.8 Å². The lowest BCUT2D eigenvalue weighted by molar-refractivity contribution is 0.374. The van der Waals surface area contributed by atoms with Gasteiger partial charge < -0.3 is 14.2 Å². The molecule has 128 valence electrons. The van der Waals surface area contributed by atoms with Crippen molar-refractivity contribution < 1.29 is 14.2 Å². The number of anilines is 1. The predicted octanol–water partition coefficient (Wildman–Crippen LogP) is 5.12. The molecule has 24 heavy (non-hydrogen) atoms. The first-order valence-corrected chi connectivity index (χ1v) is 7.87. The van der Waals surface area contributed by atoms with Crippen molar-refractivity contribution in [3.05, 3.63) is 44.9 Å². The highest BCUT2D eigenvalue weighted by Gasteiger charge is 2.12. The van der Waals surface area contributed by atoms with Crippen LogP contribution in [0.3, 0.4) is 0 Å². The Balaban J connectivity index is 2.32. The number of benzene rings is 2. The highest BCUT2D eigenvalue weighted by Crippen LogP contribution is 2.35. The van der Waals surface area contributed by atoms with E-state index in [2.05, 4.69) is 10.5 Å². The van der Waals surface area contributed by atoms with E-state index < -0.39 is 0 Å². The van der Waals surface area contributed by atoms with E-state index in [1.165, 1.54) is 0 Å². The minimum absolute atomic E-state index is 0.360. The number of nitrogens with one attached hydrogen (secondary N) is 1. The summed E-state index contributed by atoms with van der Waals surface area (Å²) < 4.78 is 15.9. The number of nitrogens with zero attached hydrogens (tertiary/aromatic N) is 1. The van der Waals surface area contributed by atoms with E-state index in [0.717, 1.165) is 0 Å². The van der Waals surface area contributed by atoms with Crippen LogP contribution in [0, 0.1) is 0 Å². The highest BCUT2D eigenvalue weighted by molar-refractivity contribution is 6.41. The first-order valence-electron chi connectivity index (χ1n) is 6.73. The van der Waals surface area contributed by atoms with Crippen LogP contribution in [0.5, 0.6) is 17.2 Å². The molecule has 0 aliphatic carbocycles. The normalized spacial score (nSPS) is 10.8. The summed E-state index contributed by atoms with van der Waals surface area (Å²) in [4.78, 5) is 0. The molecule has 0 radical (unpaired) electrons. The maximum atomic E-state index is 6.10. The Morgan fingerprint density at radius 1 is 0.875 bits per heavy atom. The molecule has 0 unspecified atom stereocenters. The van der Waals surface area contributed by atoms with Crippen molar-refractivity contribution in [2.45, 2.75) is 0 Å². The van der Waals surface area contributed by atoms with Crippen LogP contribution in [0.15, 0.2) is 29.4 Å². The van der Waals surface area contributed by atoms with E-state index in [1.807, 2.05) is 0 Å². The Hall–Kier alpha value is -1.82. The van der Waals surface area contributed by atoms with E-state index in [0.29, 0.717) is 43.6 Å². The molecule has 0 atom stereocenters. The van der Waals surface area contributed by atoms with Crippen LogP contribution in [-0.4, -0.2) is 27.5 Å². The molecule has 0 saturated heterocycles. The number of rotatable bonds is 6. The highest BCUT2D eigenvalue weighted by atomic mass is 35.5. The average Bonchev–Trinajstić information content (AvgIpc) is 2.56. The van der Waals surface area contributed by atoms with Crippen molar-refractivity contribution in [3.63, 3.8) is 0 Å². The predicted molar refractivity (Wildman–Crippen MR) is 98.8 cm³/mol. The van der Waals surface area contributed by atoms with Crippen molar-refractivity contribution in [1.82, 2.24) is 0 Å². The lowest BCUT2D eigenvalue weighted by Crippen LogP contribution is -1.99. The molecule has 0 aliphatic rings. The standard InChI is InChI=1S/C16H15Cl3N2O3/c1-22-10-6-14(23-2)11(15(7-10)24-3)8-20-21-16-12(18)4-9(17)5-13(16)19/h4-8,21H,1-3H3/b20-8+. The van der Waals surface area contributed by atoms with E-state index in [4.69, 9.17) is 49.0 Å². The lowest BCUT2D eigenvalue weighted by atomic mass is 10.2. The summed E-state index contributed by atoms with van der Waals surface area (Å²) >= 11 is 18.1. The van der Waals surface area contributed by atoms with Crippen molar-refractivity contribution in [2.24, 2.45) is 5.10 Å². The molecule has 0 aliphatic heterocycles. The minimum atomic E-state index is 0.360. The third-order valence-corrected chi connectivity index (χ3v) is 3.94. The fourth-order valence-corrected chi connectivity index (χ4v) is 2.87. The summed E-state index contributed by atoms with van der Waals surface area (Å²) in [6, 6.07) is 6.60. The Labute approximate surface area is 155 Å². The molecule has 0 heterocycles. The zero-order valence-corrected chi connectivity index (χ0v) is 15.5. The van der Waals surface area contributed by atoms with Gasteiger partial charge in [0.2, 0.25) is 0 Å². The second-order valence-corrected chi connectivity index (χ2v) is 5.81. The Morgan fingerprint density at radius 3 is 1.88 bits per heavy atom. The number of halogens is 3. The second kappa shape index (κ2) is 8.33. The lowest BCUT2D eigenvalue weighted by Gasteiger charge is -2.12. The third-order valence-electron chi connectivity index (χ3n) is 3.13. The van der Waals surface area contributed by atoms with Gasteiger partial charge in [-0.15, -0.1) is 0 Å². The van der Waals surface area contributed by atoms with E-state index in [9.17, 15) is 0 Å². The Morgan fingerprint density at radius 2 is 1.42 bits per heavy atom. The fraction of sp³-hybridized carbons (Fsp3) is 0.188. The quantitative estimate of drug-likeness (QED) is 0.550. The van der Waals surface area contributed by atoms with Gasteiger partial charge in [-0.05, 0) is 12.1 Å². The fourth-order valence-electron chi connectivity index (χ4n) is 1.97. The zero-order valence-electron chi connectivity index (χ0n) is 13.2. The van der Waals surface area contributed by atoms with Crippen molar-refractivity contribution in [3.8, 4) is 17.2 Å². The van der Waals surface area contributed by atoms with Gasteiger partial charge in [0.15, 0.2) is 0 Å². The van der Waals surface area contributed by atoms with E-state index in [-0.39, 0.29) is 0 Å². The van der Waals surface area contributed by atoms with Crippen LogP contribution in [-0.2, 0) is 0 Å². The molecular weight excluding hydrogens is 375 g/mol. The number of methoxy groups -OCH3 is 3. The van der Waals surface area contributed by atoms with Gasteiger partial charge in [0, 0.05) is 17.2 Å². The summed E-state index contributed by atoms with van der Waals surface area (Å²) in [5.41, 5.74) is 3.88. The molecule has 2 aromatic rings. The molecule has 0 amide bonds. The van der Waals surface area contributed by atoms with Crippen molar-refractivity contribution in [1.29, 1.82) is 0 Å². The molecule has 0 saturated carbocycles. The van der Waals surface area contributed by atoms with Crippen LogP contribution < -0.4 is 19.6 Å². The minimum Gasteiger partial charge on any atom is -0.496 e. The summed E-state index contributed by atoms with van der Waals surface area (Å²) in [6.07, 6.45) is 1.54. The number of hydrogen-bond acceptors (Lipinski definition) is 5. The second-order valence-electron chi connectivity index (χ2n) is 4.56. The Kier molecular flexibility index (Phi) is 6.43. The largest absolute Gasteiger partial charge is 0.496 e. The SMILES string of the molecule is COc1cc(OC)c(/C=N/Nc2c(Cl)cc(Cl)cc2Cl)c(OC)c1. The molecule has 5 nitrogen and oxygen atoms in total. The number of ether oxygens (including phenoxy) is 3. The molecule has 2 aromatic carbocycles. The summed E-state index contributed by atoms with van der Waals surface area (Å²) in [5.74, 6) is 1.70. The van der Waals surface area contributed by atoms with Gasteiger partial charge >= 0.3 is 0 Å².